The van der Waals surface area contributed by atoms with Gasteiger partial charge in [-0.15, -0.1) is 0 Å². The van der Waals surface area contributed by atoms with Gasteiger partial charge in [0, 0.05) is 11.1 Å². The normalized spacial score (nSPS) is 10.5. The monoisotopic (exact) mass is 183 g/mol. The number of hydrogen-bond donors (Lipinski definition) is 0. The van der Waals surface area contributed by atoms with Crippen LogP contribution in [0.2, 0.25) is 0 Å². The van der Waals surface area contributed by atoms with Crippen LogP contribution in [0, 0.1) is 11.6 Å². The molecule has 0 aliphatic carbocycles. The Kier molecular flexibility index (Phi) is 2.76. The van der Waals surface area contributed by atoms with E-state index in [2.05, 4.69) is 0 Å². The molecular weight excluding hydrogens is 174 g/mol. The molecule has 0 bridgehead atoms. The van der Waals surface area contributed by atoms with Gasteiger partial charge in [0.1, 0.15) is 0 Å². The van der Waals surface area contributed by atoms with Crippen molar-refractivity contribution in [1.29, 1.82) is 0 Å². The predicted molar refractivity (Wildman–Crippen MR) is 45.2 cm³/mol. The van der Waals surface area contributed by atoms with Gasteiger partial charge >= 0.3 is 0 Å². The maximum absolute atomic E-state index is 13.1. The molecule has 0 heterocycles. The van der Waals surface area contributed by atoms with Gasteiger partial charge in [-0.1, -0.05) is 13.8 Å². The van der Waals surface area contributed by atoms with E-state index in [1.165, 1.54) is 6.07 Å². The molecule has 13 heavy (non-hydrogen) atoms. The van der Waals surface area contributed by atoms with Gasteiger partial charge in [-0.25, -0.2) is 8.78 Å². The molecule has 0 fully saturated rings. The largest absolute Gasteiger partial charge is 0.285 e. The molecule has 0 saturated carbocycles. The Morgan fingerprint density at radius 2 is 1.92 bits per heavy atom. The second-order valence-electron chi connectivity index (χ2n) is 3.08. The quantitative estimate of drug-likeness (QED) is 0.688. The predicted octanol–water partition coefficient (Wildman–Crippen LogP) is 2.55. The van der Waals surface area contributed by atoms with Crippen LogP contribution in [0.3, 0.4) is 0 Å². The standard InChI is InChI=1S/C10H9F2O/c1-6(2)9-7(5-13)3-4-8(11)10(9)12/h3-4,6H,1-2H3. The average Bonchev–Trinajstić information content (AvgIpc) is 2.08. The molecule has 0 aliphatic rings. The van der Waals surface area contributed by atoms with Crippen molar-refractivity contribution in [3.63, 3.8) is 0 Å². The Morgan fingerprint density at radius 1 is 1.31 bits per heavy atom. The smallest absolute Gasteiger partial charge is 0.233 e. The summed E-state index contributed by atoms with van der Waals surface area (Å²) in [7, 11) is 0. The summed E-state index contributed by atoms with van der Waals surface area (Å²) in [5.41, 5.74) is 0.184. The summed E-state index contributed by atoms with van der Waals surface area (Å²) in [6.07, 6.45) is 1.59. The lowest BCUT2D eigenvalue weighted by atomic mass is 9.97. The first kappa shape index (κ1) is 9.84. The highest BCUT2D eigenvalue weighted by Gasteiger charge is 2.15. The van der Waals surface area contributed by atoms with Gasteiger partial charge in [0.05, 0.1) is 0 Å². The molecule has 0 aliphatic heterocycles. The fourth-order valence-electron chi connectivity index (χ4n) is 1.22. The topological polar surface area (TPSA) is 17.1 Å². The number of hydrogen-bond acceptors (Lipinski definition) is 1. The van der Waals surface area contributed by atoms with E-state index in [4.69, 9.17) is 0 Å². The Hall–Kier alpha value is -1.25. The molecule has 0 spiro atoms. The molecule has 0 atom stereocenters. The summed E-state index contributed by atoms with van der Waals surface area (Å²) in [6, 6.07) is 2.17. The molecule has 1 radical (unpaired) electrons. The van der Waals surface area contributed by atoms with E-state index >= 15 is 0 Å². The van der Waals surface area contributed by atoms with Crippen LogP contribution in [0.25, 0.3) is 0 Å². The van der Waals surface area contributed by atoms with Gasteiger partial charge in [0.25, 0.3) is 0 Å². The van der Waals surface area contributed by atoms with Crippen LogP contribution in [0.5, 0.6) is 0 Å². The van der Waals surface area contributed by atoms with Crippen molar-refractivity contribution < 1.29 is 13.6 Å². The highest BCUT2D eigenvalue weighted by atomic mass is 19.2. The van der Waals surface area contributed by atoms with Gasteiger partial charge in [-0.3, -0.25) is 4.79 Å². The Balaban J connectivity index is 3.41. The summed E-state index contributed by atoms with van der Waals surface area (Å²) in [5, 5.41) is 0. The van der Waals surface area contributed by atoms with E-state index in [1.54, 1.807) is 20.1 Å². The molecule has 69 valence electrons. The van der Waals surface area contributed by atoms with E-state index < -0.39 is 11.6 Å². The molecular formula is C10H9F2O. The first-order chi connectivity index (χ1) is 6.07. The lowest BCUT2D eigenvalue weighted by Gasteiger charge is -2.09. The first-order valence-electron chi connectivity index (χ1n) is 3.94. The van der Waals surface area contributed by atoms with Crippen LogP contribution in [0.4, 0.5) is 8.78 Å². The minimum atomic E-state index is -0.948. The van der Waals surface area contributed by atoms with Crippen molar-refractivity contribution in [3.05, 3.63) is 34.9 Å². The summed E-state index contributed by atoms with van der Waals surface area (Å²) in [6.45, 7) is 3.39. The summed E-state index contributed by atoms with van der Waals surface area (Å²) >= 11 is 0. The molecule has 1 nitrogen and oxygen atoms in total. The summed E-state index contributed by atoms with van der Waals surface area (Å²) in [5.74, 6) is -2.11. The van der Waals surface area contributed by atoms with Crippen molar-refractivity contribution in [3.8, 4) is 0 Å². The maximum atomic E-state index is 13.1. The highest BCUT2D eigenvalue weighted by Crippen LogP contribution is 2.23. The third-order valence-corrected chi connectivity index (χ3v) is 1.82. The zero-order valence-electron chi connectivity index (χ0n) is 7.40. The van der Waals surface area contributed by atoms with Crippen LogP contribution in [0.1, 0.15) is 30.9 Å². The van der Waals surface area contributed by atoms with Gasteiger partial charge in [-0.2, -0.15) is 0 Å². The van der Waals surface area contributed by atoms with Crippen molar-refractivity contribution >= 4 is 6.29 Å². The number of halogens is 2. The average molecular weight is 183 g/mol. The van der Waals surface area contributed by atoms with Crippen LogP contribution in [0.15, 0.2) is 12.1 Å². The SMILES string of the molecule is CC(C)c1c([C]=O)ccc(F)c1F. The second kappa shape index (κ2) is 3.64. The van der Waals surface area contributed by atoms with Crippen LogP contribution in [-0.4, -0.2) is 6.29 Å². The van der Waals surface area contributed by atoms with Crippen molar-refractivity contribution in [1.82, 2.24) is 0 Å². The molecule has 0 saturated heterocycles. The lowest BCUT2D eigenvalue weighted by Crippen LogP contribution is -2.02. The molecule has 1 aromatic rings. The zero-order valence-corrected chi connectivity index (χ0v) is 7.40. The second-order valence-corrected chi connectivity index (χ2v) is 3.08. The fourth-order valence-corrected chi connectivity index (χ4v) is 1.22. The third kappa shape index (κ3) is 1.74. The van der Waals surface area contributed by atoms with Gasteiger partial charge in [0.15, 0.2) is 11.6 Å². The van der Waals surface area contributed by atoms with Crippen molar-refractivity contribution in [2.45, 2.75) is 19.8 Å². The lowest BCUT2D eigenvalue weighted by molar-refractivity contribution is 0.492. The molecule has 0 amide bonds. The van der Waals surface area contributed by atoms with Crippen LogP contribution >= 0.6 is 0 Å². The van der Waals surface area contributed by atoms with Crippen molar-refractivity contribution in [2.24, 2.45) is 0 Å². The Bertz CT molecular complexity index is 332. The molecule has 1 rings (SSSR count). The van der Waals surface area contributed by atoms with Crippen molar-refractivity contribution in [2.75, 3.05) is 0 Å². The van der Waals surface area contributed by atoms with E-state index in [-0.39, 0.29) is 17.0 Å². The third-order valence-electron chi connectivity index (χ3n) is 1.82. The number of rotatable bonds is 2. The fraction of sp³-hybridized carbons (Fsp3) is 0.300. The van der Waals surface area contributed by atoms with Gasteiger partial charge in [-0.05, 0) is 18.1 Å². The van der Waals surface area contributed by atoms with E-state index in [1.807, 2.05) is 0 Å². The van der Waals surface area contributed by atoms with Crippen LogP contribution in [-0.2, 0) is 4.79 Å². The summed E-state index contributed by atoms with van der Waals surface area (Å²) < 4.78 is 25.9. The molecule has 3 heteroatoms. The zero-order chi connectivity index (χ0) is 10.0. The molecule has 0 N–H and O–H groups in total. The molecule has 0 aromatic heterocycles. The van der Waals surface area contributed by atoms with E-state index in [0.717, 1.165) is 6.07 Å². The van der Waals surface area contributed by atoms with E-state index in [9.17, 15) is 13.6 Å². The Morgan fingerprint density at radius 3 is 2.38 bits per heavy atom. The van der Waals surface area contributed by atoms with Gasteiger partial charge < -0.3 is 0 Å². The minimum absolute atomic E-state index is 0.0916. The van der Waals surface area contributed by atoms with E-state index in [0.29, 0.717) is 0 Å². The minimum Gasteiger partial charge on any atom is -0.285 e. The number of benzene rings is 1. The summed E-state index contributed by atoms with van der Waals surface area (Å²) in [4.78, 5) is 10.4. The first-order valence-corrected chi connectivity index (χ1v) is 3.94. The maximum Gasteiger partial charge on any atom is 0.233 e. The molecule has 1 aromatic carbocycles. The van der Waals surface area contributed by atoms with Crippen LogP contribution < -0.4 is 0 Å². The Labute approximate surface area is 75.4 Å². The molecule has 0 unspecified atom stereocenters. The highest BCUT2D eigenvalue weighted by molar-refractivity contribution is 5.78. The van der Waals surface area contributed by atoms with Gasteiger partial charge in [0.2, 0.25) is 6.29 Å². The number of carbonyl (C=O) groups excluding carboxylic acids is 1.